The molecule has 130 valence electrons. The molecular formula is C15H24ClN3O4. The fourth-order valence-corrected chi connectivity index (χ4v) is 1.79. The first-order valence-corrected chi connectivity index (χ1v) is 7.02. The van der Waals surface area contributed by atoms with Crippen molar-refractivity contribution < 1.29 is 19.1 Å². The van der Waals surface area contributed by atoms with Crippen LogP contribution >= 0.6 is 12.4 Å². The van der Waals surface area contributed by atoms with Crippen molar-refractivity contribution in [2.45, 2.75) is 12.5 Å². The minimum Gasteiger partial charge on any atom is -0.497 e. The van der Waals surface area contributed by atoms with Crippen molar-refractivity contribution in [3.8, 4) is 5.75 Å². The van der Waals surface area contributed by atoms with Crippen molar-refractivity contribution >= 4 is 24.2 Å². The second kappa shape index (κ2) is 11.7. The van der Waals surface area contributed by atoms with Crippen LogP contribution in [0.25, 0.3) is 0 Å². The van der Waals surface area contributed by atoms with Crippen LogP contribution in [-0.2, 0) is 9.53 Å². The van der Waals surface area contributed by atoms with E-state index in [1.807, 2.05) is 0 Å². The molecule has 7 nitrogen and oxygen atoms in total. The van der Waals surface area contributed by atoms with Gasteiger partial charge >= 0.3 is 0 Å². The highest BCUT2D eigenvalue weighted by atomic mass is 35.5. The number of nitrogens with one attached hydrogen (secondary N) is 2. The Morgan fingerprint density at radius 3 is 2.52 bits per heavy atom. The van der Waals surface area contributed by atoms with Gasteiger partial charge in [-0.05, 0) is 18.2 Å². The molecule has 8 heteroatoms. The fraction of sp³-hybridized carbons (Fsp3) is 0.467. The molecular weight excluding hydrogens is 322 g/mol. The molecule has 0 saturated carbocycles. The van der Waals surface area contributed by atoms with Gasteiger partial charge in [0.15, 0.2) is 0 Å². The number of carbonyl (C=O) groups is 2. The van der Waals surface area contributed by atoms with Crippen molar-refractivity contribution in [3.63, 3.8) is 0 Å². The molecule has 1 atom stereocenters. The number of hydrogen-bond donors (Lipinski definition) is 3. The minimum absolute atomic E-state index is 0. The largest absolute Gasteiger partial charge is 0.497 e. The number of hydrogen-bond acceptors (Lipinski definition) is 5. The molecule has 0 aliphatic carbocycles. The zero-order valence-corrected chi connectivity index (χ0v) is 14.2. The Bertz CT molecular complexity index is 495. The first kappa shape index (κ1) is 21.2. The molecule has 2 amide bonds. The van der Waals surface area contributed by atoms with Crippen molar-refractivity contribution in [3.05, 3.63) is 29.8 Å². The quantitative estimate of drug-likeness (QED) is 0.560. The van der Waals surface area contributed by atoms with E-state index in [9.17, 15) is 9.59 Å². The molecule has 4 N–H and O–H groups in total. The molecule has 0 aromatic heterocycles. The average Bonchev–Trinajstić information content (AvgIpc) is 2.56. The van der Waals surface area contributed by atoms with Crippen LogP contribution in [0.15, 0.2) is 24.3 Å². The van der Waals surface area contributed by atoms with Gasteiger partial charge in [0.05, 0.1) is 19.6 Å². The van der Waals surface area contributed by atoms with Crippen LogP contribution in [-0.4, -0.2) is 51.8 Å². The van der Waals surface area contributed by atoms with Gasteiger partial charge in [-0.2, -0.15) is 0 Å². The summed E-state index contributed by atoms with van der Waals surface area (Å²) in [7, 11) is 3.06. The van der Waals surface area contributed by atoms with Gasteiger partial charge in [-0.1, -0.05) is 6.07 Å². The van der Waals surface area contributed by atoms with E-state index in [0.29, 0.717) is 24.4 Å². The van der Waals surface area contributed by atoms with Crippen molar-refractivity contribution in [2.75, 3.05) is 33.9 Å². The third-order valence-electron chi connectivity index (χ3n) is 3.07. The topological polar surface area (TPSA) is 103 Å². The highest BCUT2D eigenvalue weighted by Crippen LogP contribution is 2.12. The number of nitrogens with two attached hydrogens (primary N) is 1. The zero-order valence-electron chi connectivity index (χ0n) is 13.3. The van der Waals surface area contributed by atoms with Gasteiger partial charge < -0.3 is 25.8 Å². The lowest BCUT2D eigenvalue weighted by Crippen LogP contribution is -2.37. The van der Waals surface area contributed by atoms with Crippen LogP contribution < -0.4 is 21.1 Å². The van der Waals surface area contributed by atoms with Gasteiger partial charge in [0.2, 0.25) is 5.91 Å². The van der Waals surface area contributed by atoms with Crippen molar-refractivity contribution in [2.24, 2.45) is 5.73 Å². The van der Waals surface area contributed by atoms with Gasteiger partial charge in [0.25, 0.3) is 5.91 Å². The number of carbonyl (C=O) groups excluding carboxylic acids is 2. The van der Waals surface area contributed by atoms with E-state index in [4.69, 9.17) is 15.2 Å². The Labute approximate surface area is 142 Å². The van der Waals surface area contributed by atoms with Gasteiger partial charge in [0.1, 0.15) is 5.75 Å². The molecule has 0 radical (unpaired) electrons. The molecule has 0 spiro atoms. The number of amides is 2. The summed E-state index contributed by atoms with van der Waals surface area (Å²) < 4.78 is 10.1. The van der Waals surface area contributed by atoms with E-state index < -0.39 is 0 Å². The number of halogens is 1. The SMILES string of the molecule is COc1cccc(C(=O)NCCNC(=O)CC(CN)OC)c1.Cl. The van der Waals surface area contributed by atoms with Crippen LogP contribution in [0, 0.1) is 0 Å². The molecule has 1 aromatic carbocycles. The number of ether oxygens (including phenoxy) is 2. The molecule has 0 aliphatic rings. The molecule has 1 aromatic rings. The Kier molecular flexibility index (Phi) is 10.8. The molecule has 0 aliphatic heterocycles. The highest BCUT2D eigenvalue weighted by molar-refractivity contribution is 5.94. The molecule has 1 unspecified atom stereocenters. The predicted octanol–water partition coefficient (Wildman–Crippen LogP) is 0.327. The summed E-state index contributed by atoms with van der Waals surface area (Å²) in [4.78, 5) is 23.5. The summed E-state index contributed by atoms with van der Waals surface area (Å²) in [6.45, 7) is 0.966. The van der Waals surface area contributed by atoms with Gasteiger partial charge in [-0.25, -0.2) is 0 Å². The maximum absolute atomic E-state index is 11.9. The molecule has 0 saturated heterocycles. The van der Waals surface area contributed by atoms with Gasteiger partial charge in [-0.15, -0.1) is 12.4 Å². The summed E-state index contributed by atoms with van der Waals surface area (Å²) in [6.07, 6.45) is -0.0806. The zero-order chi connectivity index (χ0) is 16.4. The Morgan fingerprint density at radius 1 is 1.22 bits per heavy atom. The van der Waals surface area contributed by atoms with E-state index in [1.54, 1.807) is 31.4 Å². The number of methoxy groups -OCH3 is 2. The van der Waals surface area contributed by atoms with E-state index in [2.05, 4.69) is 10.6 Å². The minimum atomic E-state index is -0.286. The molecule has 23 heavy (non-hydrogen) atoms. The normalized spacial score (nSPS) is 11.1. The van der Waals surface area contributed by atoms with E-state index >= 15 is 0 Å². The third-order valence-corrected chi connectivity index (χ3v) is 3.07. The summed E-state index contributed by atoms with van der Waals surface area (Å²) in [5.74, 6) is 0.242. The highest BCUT2D eigenvalue weighted by Gasteiger charge is 2.11. The molecule has 1 rings (SSSR count). The monoisotopic (exact) mass is 345 g/mol. The first-order valence-electron chi connectivity index (χ1n) is 7.02. The standard InChI is InChI=1S/C15H23N3O4.ClH/c1-21-12-5-3-4-11(8-12)15(20)18-7-6-17-14(19)9-13(10-16)22-2;/h3-5,8,13H,6-7,9-10,16H2,1-2H3,(H,17,19)(H,18,20);1H. The lowest BCUT2D eigenvalue weighted by Gasteiger charge is -2.12. The van der Waals surface area contributed by atoms with Crippen LogP contribution in [0.5, 0.6) is 5.75 Å². The van der Waals surface area contributed by atoms with Crippen LogP contribution in [0.2, 0.25) is 0 Å². The number of benzene rings is 1. The second-order valence-corrected chi connectivity index (χ2v) is 4.64. The van der Waals surface area contributed by atoms with Crippen molar-refractivity contribution in [1.29, 1.82) is 0 Å². The molecule has 0 bridgehead atoms. The lowest BCUT2D eigenvalue weighted by molar-refractivity contribution is -0.123. The Balaban J connectivity index is 0.00000484. The maximum Gasteiger partial charge on any atom is 0.251 e. The number of rotatable bonds is 9. The van der Waals surface area contributed by atoms with Gasteiger partial charge in [-0.3, -0.25) is 9.59 Å². The maximum atomic E-state index is 11.9. The first-order chi connectivity index (χ1) is 10.6. The Hall–Kier alpha value is -1.83. The average molecular weight is 346 g/mol. The molecule has 0 heterocycles. The summed E-state index contributed by atoms with van der Waals surface area (Å²) in [5.41, 5.74) is 5.95. The summed E-state index contributed by atoms with van der Waals surface area (Å²) in [6, 6.07) is 6.85. The fourth-order valence-electron chi connectivity index (χ4n) is 1.79. The smallest absolute Gasteiger partial charge is 0.251 e. The lowest BCUT2D eigenvalue weighted by atomic mass is 10.2. The van der Waals surface area contributed by atoms with Crippen LogP contribution in [0.4, 0.5) is 0 Å². The molecule has 0 fully saturated rings. The predicted molar refractivity (Wildman–Crippen MR) is 90.1 cm³/mol. The third kappa shape index (κ3) is 7.83. The van der Waals surface area contributed by atoms with Gasteiger partial charge in [0, 0.05) is 32.3 Å². The van der Waals surface area contributed by atoms with E-state index in [-0.39, 0.29) is 43.3 Å². The Morgan fingerprint density at radius 2 is 1.91 bits per heavy atom. The summed E-state index contributed by atoms with van der Waals surface area (Å²) in [5, 5.41) is 5.42. The van der Waals surface area contributed by atoms with E-state index in [0.717, 1.165) is 0 Å². The van der Waals surface area contributed by atoms with E-state index in [1.165, 1.54) is 7.11 Å². The van der Waals surface area contributed by atoms with Crippen LogP contribution in [0.1, 0.15) is 16.8 Å². The van der Waals surface area contributed by atoms with Crippen molar-refractivity contribution in [1.82, 2.24) is 10.6 Å². The van der Waals surface area contributed by atoms with Crippen LogP contribution in [0.3, 0.4) is 0 Å². The second-order valence-electron chi connectivity index (χ2n) is 4.64. The summed E-state index contributed by atoms with van der Waals surface area (Å²) >= 11 is 0.